The number of methoxy groups -OCH3 is 1. The van der Waals surface area contributed by atoms with Gasteiger partial charge in [0.15, 0.2) is 5.76 Å². The summed E-state index contributed by atoms with van der Waals surface area (Å²) in [7, 11) is 0.357. The number of furan rings is 1. The van der Waals surface area contributed by atoms with Crippen LogP contribution in [0.1, 0.15) is 29.7 Å². The minimum absolute atomic E-state index is 0.0902. The second-order valence-electron chi connectivity index (χ2n) is 6.57. The first-order valence-corrected chi connectivity index (χ1v) is 10.6. The van der Waals surface area contributed by atoms with Gasteiger partial charge in [0.25, 0.3) is 5.91 Å². The molecule has 0 spiro atoms. The van der Waals surface area contributed by atoms with Crippen molar-refractivity contribution in [3.63, 3.8) is 0 Å². The van der Waals surface area contributed by atoms with Gasteiger partial charge in [-0.3, -0.25) is 13.9 Å². The lowest BCUT2D eigenvalue weighted by molar-refractivity contribution is 0.0605. The first-order chi connectivity index (χ1) is 13.1. The molecule has 0 aliphatic carbocycles. The molecule has 7 heteroatoms. The Kier molecular flexibility index (Phi) is 6.68. The first-order valence-electron chi connectivity index (χ1n) is 9.23. The molecule has 1 aliphatic rings. The van der Waals surface area contributed by atoms with Crippen LogP contribution in [0, 0.1) is 0 Å². The minimum atomic E-state index is -1.24. The van der Waals surface area contributed by atoms with E-state index in [2.05, 4.69) is 11.8 Å². The third-order valence-electron chi connectivity index (χ3n) is 4.67. The smallest absolute Gasteiger partial charge is 0.289 e. The molecule has 0 N–H and O–H groups in total. The van der Waals surface area contributed by atoms with Crippen LogP contribution in [-0.2, 0) is 16.6 Å². The van der Waals surface area contributed by atoms with Crippen molar-refractivity contribution in [2.75, 3.05) is 39.8 Å². The van der Waals surface area contributed by atoms with E-state index in [0.29, 0.717) is 29.5 Å². The van der Waals surface area contributed by atoms with Gasteiger partial charge in [0, 0.05) is 31.1 Å². The summed E-state index contributed by atoms with van der Waals surface area (Å²) in [6, 6.07) is 10.5. The van der Waals surface area contributed by atoms with Gasteiger partial charge < -0.3 is 14.1 Å². The lowest BCUT2D eigenvalue weighted by atomic mass is 10.2. The highest BCUT2D eigenvalue weighted by Crippen LogP contribution is 2.19. The second-order valence-corrected chi connectivity index (χ2v) is 8.02. The zero-order valence-electron chi connectivity index (χ0n) is 15.8. The number of ether oxygens (including phenoxy) is 1. The fourth-order valence-corrected chi connectivity index (χ4v) is 4.18. The Labute approximate surface area is 162 Å². The van der Waals surface area contributed by atoms with Crippen molar-refractivity contribution in [2.45, 2.75) is 24.0 Å². The largest absolute Gasteiger partial charge is 0.497 e. The zero-order chi connectivity index (χ0) is 19.2. The van der Waals surface area contributed by atoms with Crippen LogP contribution in [0.2, 0.25) is 0 Å². The van der Waals surface area contributed by atoms with Crippen LogP contribution in [0.3, 0.4) is 0 Å². The molecule has 1 unspecified atom stereocenters. The average Bonchev–Trinajstić information content (AvgIpc) is 3.17. The molecule has 27 heavy (non-hydrogen) atoms. The van der Waals surface area contributed by atoms with Crippen molar-refractivity contribution in [3.8, 4) is 5.75 Å². The molecule has 1 aliphatic heterocycles. The molecule has 1 aromatic heterocycles. The van der Waals surface area contributed by atoms with Crippen molar-refractivity contribution in [1.29, 1.82) is 0 Å². The minimum Gasteiger partial charge on any atom is -0.497 e. The summed E-state index contributed by atoms with van der Waals surface area (Å²) >= 11 is 0. The highest BCUT2D eigenvalue weighted by Gasteiger charge is 2.24. The van der Waals surface area contributed by atoms with Crippen molar-refractivity contribution in [3.05, 3.63) is 47.9 Å². The average molecular weight is 391 g/mol. The molecule has 0 saturated carbocycles. The van der Waals surface area contributed by atoms with Gasteiger partial charge in [0.2, 0.25) is 0 Å². The fourth-order valence-electron chi connectivity index (χ4n) is 3.16. The predicted molar refractivity (Wildman–Crippen MR) is 104 cm³/mol. The van der Waals surface area contributed by atoms with E-state index in [0.717, 1.165) is 31.8 Å². The molecule has 0 bridgehead atoms. The lowest BCUT2D eigenvalue weighted by Gasteiger charge is -2.34. The van der Waals surface area contributed by atoms with Crippen LogP contribution in [0.25, 0.3) is 0 Å². The van der Waals surface area contributed by atoms with E-state index in [1.807, 2.05) is 4.90 Å². The van der Waals surface area contributed by atoms with E-state index >= 15 is 0 Å². The van der Waals surface area contributed by atoms with Gasteiger partial charge in [0.05, 0.1) is 23.7 Å². The molecule has 0 radical (unpaired) electrons. The van der Waals surface area contributed by atoms with Crippen LogP contribution in [0.5, 0.6) is 5.75 Å². The molecule has 1 fully saturated rings. The Bertz CT molecular complexity index is 780. The third-order valence-corrected chi connectivity index (χ3v) is 6.01. The number of amides is 1. The molecule has 2 heterocycles. The van der Waals surface area contributed by atoms with E-state index in [4.69, 9.17) is 9.15 Å². The molecule has 6 nitrogen and oxygen atoms in total. The second kappa shape index (κ2) is 9.19. The van der Waals surface area contributed by atoms with Crippen LogP contribution in [0.4, 0.5) is 0 Å². The van der Waals surface area contributed by atoms with Crippen LogP contribution >= 0.6 is 0 Å². The number of carbonyl (C=O) groups excluding carboxylic acids is 1. The fraction of sp³-hybridized carbons (Fsp3) is 0.450. The molecular weight excluding hydrogens is 364 g/mol. The van der Waals surface area contributed by atoms with E-state index in [-0.39, 0.29) is 11.7 Å². The number of benzene rings is 1. The van der Waals surface area contributed by atoms with Gasteiger partial charge in [-0.1, -0.05) is 6.92 Å². The normalized spacial score (nSPS) is 16.3. The van der Waals surface area contributed by atoms with E-state index in [1.165, 1.54) is 0 Å². The maximum Gasteiger partial charge on any atom is 0.289 e. The van der Waals surface area contributed by atoms with E-state index < -0.39 is 10.8 Å². The first kappa shape index (κ1) is 19.6. The third kappa shape index (κ3) is 4.99. The van der Waals surface area contributed by atoms with Gasteiger partial charge in [-0.05, 0) is 49.4 Å². The molecular formula is C20H26N2O4S. The number of piperazine rings is 1. The summed E-state index contributed by atoms with van der Waals surface area (Å²) in [5, 5.41) is 0. The lowest BCUT2D eigenvalue weighted by Crippen LogP contribution is -2.48. The molecule has 1 aromatic carbocycles. The molecule has 1 amide bonds. The highest BCUT2D eigenvalue weighted by atomic mass is 32.2. The van der Waals surface area contributed by atoms with Crippen molar-refractivity contribution >= 4 is 16.7 Å². The van der Waals surface area contributed by atoms with Crippen LogP contribution < -0.4 is 4.74 Å². The maximum atomic E-state index is 12.6. The Morgan fingerprint density at radius 3 is 2.44 bits per heavy atom. The van der Waals surface area contributed by atoms with Gasteiger partial charge in [-0.15, -0.1) is 0 Å². The van der Waals surface area contributed by atoms with Gasteiger partial charge in [-0.2, -0.15) is 0 Å². The quantitative estimate of drug-likeness (QED) is 0.727. The summed E-state index contributed by atoms with van der Waals surface area (Å²) in [5.41, 5.74) is 0. The van der Waals surface area contributed by atoms with Crippen LogP contribution in [-0.4, -0.2) is 59.7 Å². The summed E-state index contributed by atoms with van der Waals surface area (Å²) < 4.78 is 23.3. The van der Waals surface area contributed by atoms with Gasteiger partial charge >= 0.3 is 0 Å². The van der Waals surface area contributed by atoms with Crippen molar-refractivity contribution < 1.29 is 18.2 Å². The molecule has 1 atom stereocenters. The van der Waals surface area contributed by atoms with Gasteiger partial charge in [-0.25, -0.2) is 0 Å². The topological polar surface area (TPSA) is 63.0 Å². The number of hydrogen-bond donors (Lipinski definition) is 0. The Morgan fingerprint density at radius 2 is 1.81 bits per heavy atom. The summed E-state index contributed by atoms with van der Waals surface area (Å²) in [4.78, 5) is 17.5. The number of hydrogen-bond acceptors (Lipinski definition) is 5. The number of rotatable bonds is 7. The number of carbonyl (C=O) groups is 1. The Morgan fingerprint density at radius 1 is 1.11 bits per heavy atom. The molecule has 2 aromatic rings. The summed E-state index contributed by atoms with van der Waals surface area (Å²) in [6.07, 6.45) is 1.13. The standard InChI is InChI=1S/C20H26N2O4S/c1-3-10-21-11-13-22(14-12-21)20(23)19-9-6-17(26-19)15-27(24)18-7-4-16(25-2)5-8-18/h4-9H,3,10-15H2,1-2H3. The SMILES string of the molecule is CCCN1CCN(C(=O)c2ccc(CS(=O)c3ccc(OC)cc3)o2)CC1. The summed E-state index contributed by atoms with van der Waals surface area (Å²) in [6.45, 7) is 6.46. The highest BCUT2D eigenvalue weighted by molar-refractivity contribution is 7.84. The monoisotopic (exact) mass is 390 g/mol. The van der Waals surface area contributed by atoms with Crippen LogP contribution in [0.15, 0.2) is 45.7 Å². The van der Waals surface area contributed by atoms with Crippen molar-refractivity contribution in [1.82, 2.24) is 9.80 Å². The molecule has 3 rings (SSSR count). The molecule has 146 valence electrons. The Hall–Kier alpha value is -2.12. The van der Waals surface area contributed by atoms with E-state index in [1.54, 1.807) is 43.5 Å². The maximum absolute atomic E-state index is 12.6. The van der Waals surface area contributed by atoms with Gasteiger partial charge in [0.1, 0.15) is 11.5 Å². The predicted octanol–water partition coefficient (Wildman–Crippen LogP) is 2.76. The van der Waals surface area contributed by atoms with E-state index in [9.17, 15) is 9.00 Å². The number of nitrogens with zero attached hydrogens (tertiary/aromatic N) is 2. The molecule has 1 saturated heterocycles. The van der Waals surface area contributed by atoms with Crippen molar-refractivity contribution in [2.24, 2.45) is 0 Å². The summed E-state index contributed by atoms with van der Waals surface area (Å²) in [5.74, 6) is 1.75. The zero-order valence-corrected chi connectivity index (χ0v) is 16.7. The Balaban J connectivity index is 1.57.